The lowest BCUT2D eigenvalue weighted by Gasteiger charge is -2.07. The van der Waals surface area contributed by atoms with Crippen molar-refractivity contribution in [2.24, 2.45) is 7.05 Å². The van der Waals surface area contributed by atoms with E-state index in [0.717, 1.165) is 21.4 Å². The molecule has 1 N–H and O–H groups in total. The number of anilines is 1. The Morgan fingerprint density at radius 1 is 0.966 bits per heavy atom. The lowest BCUT2D eigenvalue weighted by Crippen LogP contribution is -2.23. The zero-order valence-electron chi connectivity index (χ0n) is 16.3. The van der Waals surface area contributed by atoms with Crippen molar-refractivity contribution in [2.75, 3.05) is 11.1 Å². The first-order chi connectivity index (χ1) is 14.1. The van der Waals surface area contributed by atoms with Crippen LogP contribution in [0.3, 0.4) is 0 Å². The monoisotopic (exact) mass is 403 g/mol. The molecule has 4 rings (SSSR count). The molecule has 4 aromatic rings. The van der Waals surface area contributed by atoms with Crippen LogP contribution in [0.15, 0.2) is 82.5 Å². The molecular weight excluding hydrogens is 382 g/mol. The van der Waals surface area contributed by atoms with Crippen LogP contribution in [-0.4, -0.2) is 21.0 Å². The van der Waals surface area contributed by atoms with Gasteiger partial charge in [0, 0.05) is 11.9 Å². The zero-order valence-corrected chi connectivity index (χ0v) is 17.1. The molecule has 3 aromatic carbocycles. The molecule has 1 aromatic heterocycles. The first-order valence-electron chi connectivity index (χ1n) is 9.30. The minimum atomic E-state index is -0.236. The van der Waals surface area contributed by atoms with Gasteiger partial charge in [-0.25, -0.2) is 4.68 Å². The van der Waals surface area contributed by atoms with E-state index in [9.17, 15) is 9.59 Å². The number of rotatable bonds is 5. The number of nitrogens with one attached hydrogen (secondary N) is 1. The summed E-state index contributed by atoms with van der Waals surface area (Å²) < 4.78 is 3.31. The van der Waals surface area contributed by atoms with Crippen molar-refractivity contribution in [3.05, 3.63) is 88.8 Å². The number of aromatic nitrogens is 2. The third-order valence-electron chi connectivity index (χ3n) is 4.93. The smallest absolute Gasteiger partial charge is 0.295 e. The summed E-state index contributed by atoms with van der Waals surface area (Å²) in [7, 11) is 1.81. The maximum atomic E-state index is 12.9. The Morgan fingerprint density at radius 2 is 1.66 bits per heavy atom. The van der Waals surface area contributed by atoms with Gasteiger partial charge in [0.05, 0.1) is 17.1 Å². The molecule has 0 atom stereocenters. The van der Waals surface area contributed by atoms with Gasteiger partial charge in [-0.3, -0.25) is 14.3 Å². The fourth-order valence-corrected chi connectivity index (χ4v) is 4.23. The molecule has 146 valence electrons. The van der Waals surface area contributed by atoms with Crippen LogP contribution < -0.4 is 10.9 Å². The summed E-state index contributed by atoms with van der Waals surface area (Å²) in [5.74, 6) is 0.0292. The van der Waals surface area contributed by atoms with E-state index in [4.69, 9.17) is 0 Å². The van der Waals surface area contributed by atoms with Gasteiger partial charge in [-0.2, -0.15) is 0 Å². The van der Waals surface area contributed by atoms with E-state index in [1.54, 1.807) is 9.36 Å². The highest BCUT2D eigenvalue weighted by molar-refractivity contribution is 8.00. The number of carbonyl (C=O) groups excluding carboxylic acids is 1. The predicted molar refractivity (Wildman–Crippen MR) is 119 cm³/mol. The van der Waals surface area contributed by atoms with Gasteiger partial charge in [0.2, 0.25) is 5.91 Å². The number of para-hydroxylation sites is 1. The number of amides is 1. The highest BCUT2D eigenvalue weighted by Gasteiger charge is 2.18. The molecule has 0 bridgehead atoms. The van der Waals surface area contributed by atoms with Crippen LogP contribution in [0.5, 0.6) is 0 Å². The molecule has 0 aliphatic heterocycles. The Kier molecular flexibility index (Phi) is 5.27. The maximum absolute atomic E-state index is 12.9. The Bertz CT molecular complexity index is 1240. The minimum Gasteiger partial charge on any atom is -0.319 e. The summed E-state index contributed by atoms with van der Waals surface area (Å²) in [6, 6.07) is 23.5. The van der Waals surface area contributed by atoms with Gasteiger partial charge >= 0.3 is 0 Å². The van der Waals surface area contributed by atoms with Crippen LogP contribution in [0, 0.1) is 6.92 Å². The first-order valence-corrected chi connectivity index (χ1v) is 10.3. The molecule has 0 radical (unpaired) electrons. The van der Waals surface area contributed by atoms with Gasteiger partial charge in [0.25, 0.3) is 5.56 Å². The highest BCUT2D eigenvalue weighted by Crippen LogP contribution is 2.27. The van der Waals surface area contributed by atoms with Crippen molar-refractivity contribution in [3.63, 3.8) is 0 Å². The molecule has 0 aliphatic rings. The molecule has 29 heavy (non-hydrogen) atoms. The second-order valence-corrected chi connectivity index (χ2v) is 7.77. The SMILES string of the molecule is Cc1c(NC(=O)CSc2cccc3ccccc23)c(=O)n(-c2ccccc2)n1C. The van der Waals surface area contributed by atoms with Crippen LogP contribution in [0.4, 0.5) is 5.69 Å². The fraction of sp³-hybridized carbons (Fsp3) is 0.130. The summed E-state index contributed by atoms with van der Waals surface area (Å²) >= 11 is 1.47. The lowest BCUT2D eigenvalue weighted by molar-refractivity contribution is -0.113. The van der Waals surface area contributed by atoms with Gasteiger partial charge in [-0.15, -0.1) is 11.8 Å². The van der Waals surface area contributed by atoms with E-state index in [1.807, 2.05) is 68.6 Å². The van der Waals surface area contributed by atoms with Crippen LogP contribution in [0.25, 0.3) is 16.5 Å². The largest absolute Gasteiger partial charge is 0.319 e. The molecule has 1 amide bonds. The van der Waals surface area contributed by atoms with E-state index in [0.29, 0.717) is 11.4 Å². The summed E-state index contributed by atoms with van der Waals surface area (Å²) in [5, 5.41) is 5.08. The quantitative estimate of drug-likeness (QED) is 0.504. The normalized spacial score (nSPS) is 11.0. The van der Waals surface area contributed by atoms with Crippen LogP contribution in [0.2, 0.25) is 0 Å². The summed E-state index contributed by atoms with van der Waals surface area (Å²) in [6.45, 7) is 1.83. The lowest BCUT2D eigenvalue weighted by atomic mass is 10.1. The average molecular weight is 404 g/mol. The van der Waals surface area contributed by atoms with E-state index >= 15 is 0 Å². The second kappa shape index (κ2) is 8.01. The van der Waals surface area contributed by atoms with Crippen molar-refractivity contribution in [1.29, 1.82) is 0 Å². The Balaban J connectivity index is 1.54. The van der Waals surface area contributed by atoms with Crippen molar-refractivity contribution < 1.29 is 4.79 Å². The van der Waals surface area contributed by atoms with Gasteiger partial charge in [0.15, 0.2) is 0 Å². The first kappa shape index (κ1) is 19.1. The van der Waals surface area contributed by atoms with E-state index < -0.39 is 0 Å². The molecule has 0 aliphatic carbocycles. The molecule has 0 fully saturated rings. The molecule has 0 saturated heterocycles. The summed E-state index contributed by atoms with van der Waals surface area (Å²) in [6.07, 6.45) is 0. The predicted octanol–water partition coefficient (Wildman–Crippen LogP) is 4.37. The molecular formula is C23H21N3O2S. The van der Waals surface area contributed by atoms with Gasteiger partial charge in [-0.1, -0.05) is 54.6 Å². The number of hydrogen-bond donors (Lipinski definition) is 1. The van der Waals surface area contributed by atoms with Gasteiger partial charge in [0.1, 0.15) is 5.69 Å². The number of carbonyl (C=O) groups is 1. The van der Waals surface area contributed by atoms with E-state index in [-0.39, 0.29) is 17.2 Å². The van der Waals surface area contributed by atoms with E-state index in [1.165, 1.54) is 11.8 Å². The number of thioether (sulfide) groups is 1. The molecule has 0 spiro atoms. The Morgan fingerprint density at radius 3 is 2.45 bits per heavy atom. The van der Waals surface area contributed by atoms with Gasteiger partial charge in [-0.05, 0) is 35.9 Å². The average Bonchev–Trinajstić information content (AvgIpc) is 2.96. The second-order valence-electron chi connectivity index (χ2n) is 6.75. The molecule has 1 heterocycles. The van der Waals surface area contributed by atoms with Crippen LogP contribution in [-0.2, 0) is 11.8 Å². The van der Waals surface area contributed by atoms with Crippen LogP contribution >= 0.6 is 11.8 Å². The van der Waals surface area contributed by atoms with E-state index in [2.05, 4.69) is 23.5 Å². The number of hydrogen-bond acceptors (Lipinski definition) is 3. The minimum absolute atomic E-state index is 0.200. The molecule has 5 nitrogen and oxygen atoms in total. The topological polar surface area (TPSA) is 56.0 Å². The third-order valence-corrected chi connectivity index (χ3v) is 6.00. The zero-order chi connectivity index (χ0) is 20.4. The fourth-order valence-electron chi connectivity index (χ4n) is 3.35. The standard InChI is InChI=1S/C23H21N3O2S/c1-16-22(23(28)26(25(16)2)18-11-4-3-5-12-18)24-21(27)15-29-20-14-8-10-17-9-6-7-13-19(17)20/h3-14H,15H2,1-2H3,(H,24,27). The number of nitrogens with zero attached hydrogens (tertiary/aromatic N) is 2. The number of fused-ring (bicyclic) bond motifs is 1. The third kappa shape index (κ3) is 3.71. The Hall–Kier alpha value is -3.25. The van der Waals surface area contributed by atoms with Crippen molar-refractivity contribution in [3.8, 4) is 5.69 Å². The highest BCUT2D eigenvalue weighted by atomic mass is 32.2. The molecule has 6 heteroatoms. The van der Waals surface area contributed by atoms with Crippen molar-refractivity contribution in [1.82, 2.24) is 9.36 Å². The van der Waals surface area contributed by atoms with Crippen molar-refractivity contribution in [2.45, 2.75) is 11.8 Å². The van der Waals surface area contributed by atoms with Gasteiger partial charge < -0.3 is 5.32 Å². The number of benzene rings is 3. The van der Waals surface area contributed by atoms with Crippen LogP contribution in [0.1, 0.15) is 5.69 Å². The summed E-state index contributed by atoms with van der Waals surface area (Å²) in [5.41, 5.74) is 1.55. The molecule has 0 saturated carbocycles. The Labute approximate surface area is 173 Å². The van der Waals surface area contributed by atoms with Crippen molar-refractivity contribution >= 4 is 34.1 Å². The molecule has 0 unspecified atom stereocenters. The summed E-state index contributed by atoms with van der Waals surface area (Å²) in [4.78, 5) is 26.6. The maximum Gasteiger partial charge on any atom is 0.295 e.